The van der Waals surface area contributed by atoms with E-state index < -0.39 is 12.4 Å². The molecule has 0 heterocycles. The van der Waals surface area contributed by atoms with Crippen molar-refractivity contribution < 1.29 is 0 Å². The molecule has 0 aromatic rings. The van der Waals surface area contributed by atoms with Crippen molar-refractivity contribution in [2.24, 2.45) is 0 Å². The standard InChI is InChI=1S/C8H20Br2Si2/c1-5-11(9,6-2)12(10,7-3)8-4/h5-8H2,1-4H3. The summed E-state index contributed by atoms with van der Waals surface area (Å²) in [4.78, 5) is 0. The van der Waals surface area contributed by atoms with Gasteiger partial charge < -0.3 is 0 Å². The molecule has 0 rings (SSSR count). The first-order valence-electron chi connectivity index (χ1n) is 4.87. The normalized spacial score (nSPS) is 13.5. The summed E-state index contributed by atoms with van der Waals surface area (Å²) in [5.41, 5.74) is 0. The Kier molecular flexibility index (Phi) is 5.94. The maximum absolute atomic E-state index is 4.08. The highest BCUT2D eigenvalue weighted by molar-refractivity contribution is 9.36. The molecule has 0 N–H and O–H groups in total. The van der Waals surface area contributed by atoms with Crippen molar-refractivity contribution in [2.75, 3.05) is 0 Å². The van der Waals surface area contributed by atoms with E-state index in [0.29, 0.717) is 0 Å². The van der Waals surface area contributed by atoms with Crippen LogP contribution in [0, 0.1) is 0 Å². The number of hydrogen-bond acceptors (Lipinski definition) is 0. The Bertz CT molecular complexity index is 115. The zero-order valence-electron chi connectivity index (χ0n) is 8.58. The van der Waals surface area contributed by atoms with E-state index in [1.807, 2.05) is 0 Å². The monoisotopic (exact) mass is 330 g/mol. The summed E-state index contributed by atoms with van der Waals surface area (Å²) in [5, 5.41) is 0. The van der Waals surface area contributed by atoms with Crippen LogP contribution >= 0.6 is 30.6 Å². The average Bonchev–Trinajstić information content (AvgIpc) is 2.15. The zero-order chi connectivity index (χ0) is 9.83. The molecule has 12 heavy (non-hydrogen) atoms. The van der Waals surface area contributed by atoms with E-state index in [1.165, 1.54) is 24.2 Å². The molecule has 0 saturated heterocycles. The second-order valence-electron chi connectivity index (χ2n) is 3.34. The lowest BCUT2D eigenvalue weighted by molar-refractivity contribution is 1.28. The predicted octanol–water partition coefficient (Wildman–Crippen LogP) is 4.83. The molecule has 74 valence electrons. The topological polar surface area (TPSA) is 0 Å². The van der Waals surface area contributed by atoms with Crippen molar-refractivity contribution >= 4 is 43.0 Å². The maximum Gasteiger partial charge on any atom is 0.134 e. The third kappa shape index (κ3) is 2.45. The summed E-state index contributed by atoms with van der Waals surface area (Å²) >= 11 is 8.16. The van der Waals surface area contributed by atoms with E-state index in [0.717, 1.165) is 0 Å². The molecular weight excluding hydrogens is 312 g/mol. The minimum atomic E-state index is -1.08. The molecule has 0 unspecified atom stereocenters. The van der Waals surface area contributed by atoms with Crippen molar-refractivity contribution in [3.05, 3.63) is 0 Å². The minimum absolute atomic E-state index is 1.08. The van der Waals surface area contributed by atoms with Crippen LogP contribution in [-0.4, -0.2) is 12.4 Å². The second-order valence-corrected chi connectivity index (χ2v) is 29.3. The van der Waals surface area contributed by atoms with E-state index >= 15 is 0 Å². The van der Waals surface area contributed by atoms with Crippen LogP contribution in [0.2, 0.25) is 24.2 Å². The predicted molar refractivity (Wildman–Crippen MR) is 71.3 cm³/mol. The Morgan fingerprint density at radius 3 is 0.917 bits per heavy atom. The molecule has 0 radical (unpaired) electrons. The third-order valence-electron chi connectivity index (χ3n) is 3.04. The molecule has 0 atom stereocenters. The van der Waals surface area contributed by atoms with Crippen LogP contribution in [0.15, 0.2) is 0 Å². The summed E-state index contributed by atoms with van der Waals surface area (Å²) in [5.74, 6) is 0. The fraction of sp³-hybridized carbons (Fsp3) is 1.00. The van der Waals surface area contributed by atoms with E-state index in [4.69, 9.17) is 0 Å². The fourth-order valence-electron chi connectivity index (χ4n) is 1.77. The summed E-state index contributed by atoms with van der Waals surface area (Å²) in [6.45, 7) is 9.38. The highest BCUT2D eigenvalue weighted by Crippen LogP contribution is 2.41. The van der Waals surface area contributed by atoms with E-state index in [2.05, 4.69) is 58.3 Å². The Morgan fingerprint density at radius 1 is 0.667 bits per heavy atom. The van der Waals surface area contributed by atoms with Crippen LogP contribution in [0.25, 0.3) is 0 Å². The molecule has 0 fully saturated rings. The molecule has 0 amide bonds. The van der Waals surface area contributed by atoms with Crippen molar-refractivity contribution in [3.8, 4) is 0 Å². The molecule has 0 aliphatic heterocycles. The first-order valence-corrected chi connectivity index (χ1v) is 15.2. The molecule has 4 heteroatoms. The molecule has 0 aliphatic rings. The lowest BCUT2D eigenvalue weighted by Gasteiger charge is -2.37. The van der Waals surface area contributed by atoms with Crippen LogP contribution < -0.4 is 0 Å². The average molecular weight is 332 g/mol. The third-order valence-corrected chi connectivity index (χ3v) is 43.4. The van der Waals surface area contributed by atoms with Gasteiger partial charge in [0.05, 0.1) is 0 Å². The van der Waals surface area contributed by atoms with Gasteiger partial charge in [-0.15, -0.1) is 30.6 Å². The van der Waals surface area contributed by atoms with E-state index in [9.17, 15) is 0 Å². The Hall–Kier alpha value is 1.39. The van der Waals surface area contributed by atoms with Gasteiger partial charge in [-0.05, 0) is 0 Å². The van der Waals surface area contributed by atoms with E-state index in [1.54, 1.807) is 0 Å². The highest BCUT2D eigenvalue weighted by Gasteiger charge is 2.47. The minimum Gasteiger partial charge on any atom is -0.129 e. The van der Waals surface area contributed by atoms with Crippen molar-refractivity contribution in [1.82, 2.24) is 0 Å². The molecule has 0 spiro atoms. The summed E-state index contributed by atoms with van der Waals surface area (Å²) < 4.78 is 0. The van der Waals surface area contributed by atoms with Gasteiger partial charge in [0.15, 0.2) is 0 Å². The SMILES string of the molecule is CC[Si](Br)(CC)[Si](Br)(CC)CC. The van der Waals surface area contributed by atoms with Gasteiger partial charge in [0, 0.05) is 0 Å². The molecule has 0 aliphatic carbocycles. The van der Waals surface area contributed by atoms with Crippen LogP contribution in [0.5, 0.6) is 0 Å². The first-order chi connectivity index (χ1) is 5.49. The number of halogens is 2. The van der Waals surface area contributed by atoms with Crippen LogP contribution in [0.1, 0.15) is 27.7 Å². The van der Waals surface area contributed by atoms with Crippen LogP contribution in [0.4, 0.5) is 0 Å². The lowest BCUT2D eigenvalue weighted by Crippen LogP contribution is -2.52. The van der Waals surface area contributed by atoms with E-state index in [-0.39, 0.29) is 0 Å². The van der Waals surface area contributed by atoms with Gasteiger partial charge in [-0.3, -0.25) is 0 Å². The smallest absolute Gasteiger partial charge is 0.129 e. The highest BCUT2D eigenvalue weighted by atomic mass is 79.9. The van der Waals surface area contributed by atoms with Gasteiger partial charge in [-0.25, -0.2) is 0 Å². The fourth-order valence-corrected chi connectivity index (χ4v) is 23.0. The van der Waals surface area contributed by atoms with Crippen LogP contribution in [-0.2, 0) is 0 Å². The van der Waals surface area contributed by atoms with Gasteiger partial charge in [-0.2, -0.15) is 0 Å². The summed E-state index contributed by atoms with van der Waals surface area (Å²) in [7, 11) is 0. The second kappa shape index (κ2) is 5.32. The maximum atomic E-state index is 4.08. The Balaban J connectivity index is 4.66. The summed E-state index contributed by atoms with van der Waals surface area (Å²) in [6, 6.07) is 5.51. The molecular formula is C8H20Br2Si2. The summed E-state index contributed by atoms with van der Waals surface area (Å²) in [6.07, 6.45) is -2.17. The molecule has 0 saturated carbocycles. The zero-order valence-corrected chi connectivity index (χ0v) is 13.8. The molecule has 0 nitrogen and oxygen atoms in total. The van der Waals surface area contributed by atoms with Gasteiger partial charge in [0.2, 0.25) is 0 Å². The van der Waals surface area contributed by atoms with Gasteiger partial charge in [0.1, 0.15) is 12.4 Å². The van der Waals surface area contributed by atoms with Gasteiger partial charge >= 0.3 is 0 Å². The van der Waals surface area contributed by atoms with Crippen LogP contribution in [0.3, 0.4) is 0 Å². The quantitative estimate of drug-likeness (QED) is 0.500. The van der Waals surface area contributed by atoms with Gasteiger partial charge in [0.25, 0.3) is 0 Å². The van der Waals surface area contributed by atoms with Gasteiger partial charge in [-0.1, -0.05) is 51.9 Å². The molecule has 0 aromatic carbocycles. The van der Waals surface area contributed by atoms with Crippen molar-refractivity contribution in [3.63, 3.8) is 0 Å². The van der Waals surface area contributed by atoms with Crippen molar-refractivity contribution in [2.45, 2.75) is 51.9 Å². The first kappa shape index (κ1) is 13.4. The Morgan fingerprint density at radius 2 is 0.833 bits per heavy atom. The van der Waals surface area contributed by atoms with Crippen molar-refractivity contribution in [1.29, 1.82) is 0 Å². The lowest BCUT2D eigenvalue weighted by atomic mass is 10.9. The molecule has 0 aromatic heterocycles. The number of rotatable bonds is 5. The Labute approximate surface area is 94.5 Å². The molecule has 0 bridgehead atoms. The largest absolute Gasteiger partial charge is 0.134 e. The number of hydrogen-bond donors (Lipinski definition) is 0.